The molecule has 6 nitrogen and oxygen atoms in total. The summed E-state index contributed by atoms with van der Waals surface area (Å²) in [5.41, 5.74) is 0.301. The minimum atomic E-state index is -3.81. The van der Waals surface area contributed by atoms with Gasteiger partial charge in [0.15, 0.2) is 19.7 Å². The van der Waals surface area contributed by atoms with E-state index in [1.807, 2.05) is 0 Å². The zero-order valence-electron chi connectivity index (χ0n) is 12.3. The number of carbonyl (C=O) groups is 1. The van der Waals surface area contributed by atoms with Crippen LogP contribution in [0.15, 0.2) is 28.0 Å². The molecule has 0 aromatic heterocycles. The number of carboxylic acids is 1. The third-order valence-electron chi connectivity index (χ3n) is 3.76. The van der Waals surface area contributed by atoms with Gasteiger partial charge in [-0.05, 0) is 36.3 Å². The van der Waals surface area contributed by atoms with E-state index >= 15 is 0 Å². The van der Waals surface area contributed by atoms with Crippen molar-refractivity contribution >= 4 is 25.6 Å². The molecule has 0 spiro atoms. The summed E-state index contributed by atoms with van der Waals surface area (Å²) in [5, 5.41) is 9.08. The first-order valence-corrected chi connectivity index (χ1v) is 10.5. The van der Waals surface area contributed by atoms with E-state index in [-0.39, 0.29) is 22.1 Å². The highest BCUT2D eigenvalue weighted by molar-refractivity contribution is 7.93. The van der Waals surface area contributed by atoms with E-state index in [1.54, 1.807) is 0 Å². The molecule has 1 unspecified atom stereocenters. The lowest BCUT2D eigenvalue weighted by Crippen LogP contribution is -2.16. The maximum Gasteiger partial charge on any atom is 0.303 e. The summed E-state index contributed by atoms with van der Waals surface area (Å²) in [6.45, 7) is 0. The van der Waals surface area contributed by atoms with Crippen LogP contribution in [-0.4, -0.2) is 40.4 Å². The van der Waals surface area contributed by atoms with E-state index in [9.17, 15) is 21.6 Å². The topological polar surface area (TPSA) is 106 Å². The van der Waals surface area contributed by atoms with Crippen molar-refractivity contribution in [3.05, 3.63) is 23.8 Å². The van der Waals surface area contributed by atoms with E-state index in [1.165, 1.54) is 18.2 Å². The highest BCUT2D eigenvalue weighted by atomic mass is 32.2. The van der Waals surface area contributed by atoms with Gasteiger partial charge in [0, 0.05) is 12.5 Å². The fourth-order valence-corrected chi connectivity index (χ4v) is 5.50. The molecule has 0 aliphatic heterocycles. The van der Waals surface area contributed by atoms with Gasteiger partial charge in [0.2, 0.25) is 0 Å². The molecule has 1 fully saturated rings. The molecule has 0 radical (unpaired) electrons. The van der Waals surface area contributed by atoms with Crippen LogP contribution in [0.4, 0.5) is 0 Å². The number of sulfone groups is 2. The molecule has 22 heavy (non-hydrogen) atoms. The van der Waals surface area contributed by atoms with Crippen LogP contribution in [-0.2, 0) is 24.5 Å². The van der Waals surface area contributed by atoms with Crippen LogP contribution in [0, 0.1) is 5.92 Å². The van der Waals surface area contributed by atoms with Crippen LogP contribution in [0.25, 0.3) is 0 Å². The van der Waals surface area contributed by atoms with E-state index < -0.39 is 31.6 Å². The molecule has 1 aliphatic carbocycles. The Balaban J connectivity index is 2.72. The quantitative estimate of drug-likeness (QED) is 0.836. The van der Waals surface area contributed by atoms with Crippen molar-refractivity contribution < 1.29 is 26.7 Å². The second-order valence-corrected chi connectivity index (χ2v) is 9.70. The summed E-state index contributed by atoms with van der Waals surface area (Å²) < 4.78 is 48.1. The summed E-state index contributed by atoms with van der Waals surface area (Å²) in [7, 11) is -7.54. The Morgan fingerprint density at radius 1 is 1.18 bits per heavy atom. The summed E-state index contributed by atoms with van der Waals surface area (Å²) in [5.74, 6) is -1.42. The monoisotopic (exact) mass is 346 g/mol. The molecule has 1 atom stereocenters. The highest BCUT2D eigenvalue weighted by Gasteiger charge is 2.37. The summed E-state index contributed by atoms with van der Waals surface area (Å²) >= 11 is 0. The number of hydrogen-bond acceptors (Lipinski definition) is 5. The molecule has 0 saturated heterocycles. The Morgan fingerprint density at radius 3 is 2.18 bits per heavy atom. The van der Waals surface area contributed by atoms with Crippen LogP contribution >= 0.6 is 0 Å². The van der Waals surface area contributed by atoms with E-state index in [0.29, 0.717) is 5.56 Å². The van der Waals surface area contributed by atoms with E-state index in [4.69, 9.17) is 5.11 Å². The Labute approximate surface area is 130 Å². The molecule has 1 aromatic rings. The number of rotatable bonds is 6. The van der Waals surface area contributed by atoms with Crippen LogP contribution in [0.3, 0.4) is 0 Å². The molecular weight excluding hydrogens is 328 g/mol. The van der Waals surface area contributed by atoms with Crippen molar-refractivity contribution in [1.29, 1.82) is 0 Å². The number of hydrogen-bond donors (Lipinski definition) is 1. The largest absolute Gasteiger partial charge is 0.481 e. The molecule has 8 heteroatoms. The van der Waals surface area contributed by atoms with Crippen molar-refractivity contribution in [3.63, 3.8) is 0 Å². The molecule has 1 aromatic carbocycles. The number of aliphatic carboxylic acids is 1. The normalized spacial score (nSPS) is 17.2. The maximum absolute atomic E-state index is 12.1. The lowest BCUT2D eigenvalue weighted by molar-refractivity contribution is -0.137. The molecule has 1 N–H and O–H groups in total. The molecular formula is C14H18O6S2. The van der Waals surface area contributed by atoms with Crippen LogP contribution in [0.5, 0.6) is 0 Å². The van der Waals surface area contributed by atoms with Crippen molar-refractivity contribution in [3.8, 4) is 0 Å². The standard InChI is InChI=1S/C14H18O6S2/c1-21(17,18)12-5-3-4-10(14(12)22(2,19)20)11(8-13(15)16)9-6-7-9/h3-5,9,11H,6-8H2,1-2H3,(H,15,16). The number of benzene rings is 1. The average Bonchev–Trinajstić information content (AvgIpc) is 3.17. The van der Waals surface area contributed by atoms with Gasteiger partial charge in [-0.3, -0.25) is 4.79 Å². The lowest BCUT2D eigenvalue weighted by atomic mass is 9.91. The maximum atomic E-state index is 12.1. The first kappa shape index (κ1) is 17.0. The van der Waals surface area contributed by atoms with Gasteiger partial charge < -0.3 is 5.11 Å². The second-order valence-electron chi connectivity index (χ2n) is 5.76. The molecule has 1 aliphatic rings. The van der Waals surface area contributed by atoms with Gasteiger partial charge in [0.1, 0.15) is 0 Å². The Bertz CT molecular complexity index is 804. The van der Waals surface area contributed by atoms with Gasteiger partial charge in [0.05, 0.1) is 16.2 Å². The minimum Gasteiger partial charge on any atom is -0.481 e. The number of carboxylic acid groups (broad SMARTS) is 1. The predicted molar refractivity (Wildman–Crippen MR) is 80.4 cm³/mol. The first-order valence-electron chi connectivity index (χ1n) is 6.76. The van der Waals surface area contributed by atoms with Crippen LogP contribution in [0.1, 0.15) is 30.7 Å². The molecule has 0 amide bonds. The van der Waals surface area contributed by atoms with Crippen molar-refractivity contribution in [1.82, 2.24) is 0 Å². The lowest BCUT2D eigenvalue weighted by Gasteiger charge is -2.19. The summed E-state index contributed by atoms with van der Waals surface area (Å²) in [6, 6.07) is 4.24. The van der Waals surface area contributed by atoms with Gasteiger partial charge in [-0.2, -0.15) is 0 Å². The Kier molecular flexibility index (Phi) is 4.36. The SMILES string of the molecule is CS(=O)(=O)c1cccc(C(CC(=O)O)C2CC2)c1S(C)(=O)=O. The van der Waals surface area contributed by atoms with Crippen LogP contribution in [0.2, 0.25) is 0 Å². The molecule has 0 bridgehead atoms. The Morgan fingerprint density at radius 2 is 1.77 bits per heavy atom. The molecule has 0 heterocycles. The zero-order valence-corrected chi connectivity index (χ0v) is 13.9. The van der Waals surface area contributed by atoms with Crippen molar-refractivity contribution in [2.45, 2.75) is 35.0 Å². The van der Waals surface area contributed by atoms with Gasteiger partial charge in [-0.15, -0.1) is 0 Å². The molecule has 1 saturated carbocycles. The zero-order chi connectivity index (χ0) is 16.7. The molecule has 2 rings (SSSR count). The predicted octanol–water partition coefficient (Wildman–Crippen LogP) is 1.46. The second kappa shape index (κ2) is 5.66. The average molecular weight is 346 g/mol. The third kappa shape index (κ3) is 3.67. The Hall–Kier alpha value is -1.41. The minimum absolute atomic E-state index is 0.0893. The van der Waals surface area contributed by atoms with Gasteiger partial charge in [-0.1, -0.05) is 12.1 Å². The molecule has 122 valence electrons. The van der Waals surface area contributed by atoms with Crippen molar-refractivity contribution in [2.75, 3.05) is 12.5 Å². The van der Waals surface area contributed by atoms with Crippen molar-refractivity contribution in [2.24, 2.45) is 5.92 Å². The first-order chi connectivity index (χ1) is 10.0. The smallest absolute Gasteiger partial charge is 0.303 e. The van der Waals surface area contributed by atoms with Gasteiger partial charge in [0.25, 0.3) is 0 Å². The van der Waals surface area contributed by atoms with E-state index in [2.05, 4.69) is 0 Å². The van der Waals surface area contributed by atoms with Gasteiger partial charge >= 0.3 is 5.97 Å². The van der Waals surface area contributed by atoms with Gasteiger partial charge in [-0.25, -0.2) is 16.8 Å². The summed E-state index contributed by atoms with van der Waals surface area (Å²) in [6.07, 6.45) is 3.34. The highest BCUT2D eigenvalue weighted by Crippen LogP contribution is 2.47. The third-order valence-corrected chi connectivity index (χ3v) is 6.23. The van der Waals surface area contributed by atoms with E-state index in [0.717, 1.165) is 25.4 Å². The fourth-order valence-electron chi connectivity index (χ4n) is 2.73. The van der Waals surface area contributed by atoms with Crippen LogP contribution < -0.4 is 0 Å². The summed E-state index contributed by atoms with van der Waals surface area (Å²) in [4.78, 5) is 10.6. The fraction of sp³-hybridized carbons (Fsp3) is 0.500.